The fourth-order valence-corrected chi connectivity index (χ4v) is 2.51. The number of carbonyl (C=O) groups is 2. The van der Waals surface area contributed by atoms with Crippen molar-refractivity contribution in [2.45, 2.75) is 19.3 Å². The topological polar surface area (TPSA) is 67.9 Å². The van der Waals surface area contributed by atoms with Crippen LogP contribution in [0.25, 0.3) is 0 Å². The highest BCUT2D eigenvalue weighted by atomic mass is 16.5. The van der Waals surface area contributed by atoms with Crippen LogP contribution >= 0.6 is 0 Å². The van der Waals surface area contributed by atoms with Crippen molar-refractivity contribution >= 4 is 11.8 Å². The summed E-state index contributed by atoms with van der Waals surface area (Å²) in [5.41, 5.74) is 0.972. The lowest BCUT2D eigenvalue weighted by molar-refractivity contribution is -0.133. The maximum Gasteiger partial charge on any atom is 0.239 e. The number of nitrogens with one attached hydrogen (secondary N) is 1. The Balaban J connectivity index is 1.82. The lowest BCUT2D eigenvalue weighted by atomic mass is 10.1. The minimum atomic E-state index is -0.128. The van der Waals surface area contributed by atoms with Gasteiger partial charge in [-0.1, -0.05) is 0 Å². The molecule has 120 valence electrons. The second-order valence-electron chi connectivity index (χ2n) is 5.20. The van der Waals surface area contributed by atoms with Gasteiger partial charge in [0.25, 0.3) is 0 Å². The molecule has 0 atom stereocenters. The average Bonchev–Trinajstić information content (AvgIpc) is 2.92. The summed E-state index contributed by atoms with van der Waals surface area (Å²) in [5, 5.41) is 2.84. The molecule has 2 amide bonds. The van der Waals surface area contributed by atoms with E-state index in [0.717, 1.165) is 23.5 Å². The number of likely N-dealkylation sites (tertiary alicyclic amines) is 1. The molecule has 1 heterocycles. The van der Waals surface area contributed by atoms with Gasteiger partial charge in [-0.25, -0.2) is 0 Å². The summed E-state index contributed by atoms with van der Waals surface area (Å²) in [6, 6.07) is 5.58. The maximum absolute atomic E-state index is 11.9. The largest absolute Gasteiger partial charge is 0.497 e. The zero-order valence-corrected chi connectivity index (χ0v) is 13.1. The minimum Gasteiger partial charge on any atom is -0.497 e. The highest BCUT2D eigenvalue weighted by molar-refractivity contribution is 5.85. The van der Waals surface area contributed by atoms with Crippen molar-refractivity contribution in [1.29, 1.82) is 0 Å². The highest BCUT2D eigenvalue weighted by Crippen LogP contribution is 2.24. The SMILES string of the molecule is COc1ccc(OC)c(CCNC(=O)CN2CCCC2=O)c1. The molecule has 1 aromatic carbocycles. The Morgan fingerprint density at radius 2 is 2.14 bits per heavy atom. The molecule has 22 heavy (non-hydrogen) atoms. The predicted molar refractivity (Wildman–Crippen MR) is 82.1 cm³/mol. The number of amides is 2. The summed E-state index contributed by atoms with van der Waals surface area (Å²) in [6.45, 7) is 1.31. The lowest BCUT2D eigenvalue weighted by Gasteiger charge is -2.15. The Hall–Kier alpha value is -2.24. The fourth-order valence-electron chi connectivity index (χ4n) is 2.51. The first-order valence-corrected chi connectivity index (χ1v) is 7.39. The quantitative estimate of drug-likeness (QED) is 0.815. The van der Waals surface area contributed by atoms with Gasteiger partial charge in [-0.05, 0) is 36.6 Å². The molecule has 1 aliphatic heterocycles. The van der Waals surface area contributed by atoms with E-state index in [1.165, 1.54) is 0 Å². The van der Waals surface area contributed by atoms with Crippen LogP contribution in [0.2, 0.25) is 0 Å². The normalized spacial score (nSPS) is 14.1. The molecule has 0 unspecified atom stereocenters. The average molecular weight is 306 g/mol. The van der Waals surface area contributed by atoms with Gasteiger partial charge >= 0.3 is 0 Å². The molecular weight excluding hydrogens is 284 g/mol. The summed E-state index contributed by atoms with van der Waals surface area (Å²) in [7, 11) is 3.23. The molecule has 1 N–H and O–H groups in total. The molecule has 0 aromatic heterocycles. The van der Waals surface area contributed by atoms with Crippen LogP contribution < -0.4 is 14.8 Å². The van der Waals surface area contributed by atoms with Crippen LogP contribution in [0.4, 0.5) is 0 Å². The molecule has 1 aromatic rings. The molecule has 6 heteroatoms. The summed E-state index contributed by atoms with van der Waals surface area (Å²) in [5.74, 6) is 1.45. The van der Waals surface area contributed by atoms with Gasteiger partial charge in [-0.2, -0.15) is 0 Å². The summed E-state index contributed by atoms with van der Waals surface area (Å²) < 4.78 is 10.5. The van der Waals surface area contributed by atoms with Crippen LogP contribution in [0.3, 0.4) is 0 Å². The van der Waals surface area contributed by atoms with Crippen LogP contribution in [0.1, 0.15) is 18.4 Å². The molecule has 0 bridgehead atoms. The molecule has 6 nitrogen and oxygen atoms in total. The molecule has 1 aliphatic rings. The van der Waals surface area contributed by atoms with Crippen LogP contribution in [-0.4, -0.2) is 50.6 Å². The van der Waals surface area contributed by atoms with Gasteiger partial charge in [-0.15, -0.1) is 0 Å². The van der Waals surface area contributed by atoms with Crippen molar-refractivity contribution in [2.24, 2.45) is 0 Å². The Bertz CT molecular complexity index is 545. The van der Waals surface area contributed by atoms with Gasteiger partial charge in [-0.3, -0.25) is 9.59 Å². The van der Waals surface area contributed by atoms with Gasteiger partial charge in [0.05, 0.1) is 20.8 Å². The van der Waals surface area contributed by atoms with Crippen molar-refractivity contribution in [3.05, 3.63) is 23.8 Å². The number of benzene rings is 1. The minimum absolute atomic E-state index is 0.0598. The zero-order valence-electron chi connectivity index (χ0n) is 13.1. The van der Waals surface area contributed by atoms with Crippen LogP contribution in [0.15, 0.2) is 18.2 Å². The van der Waals surface area contributed by atoms with E-state index in [2.05, 4.69) is 5.32 Å². The van der Waals surface area contributed by atoms with Gasteiger partial charge in [0.1, 0.15) is 11.5 Å². The van der Waals surface area contributed by atoms with Gasteiger partial charge in [0.2, 0.25) is 11.8 Å². The van der Waals surface area contributed by atoms with E-state index in [-0.39, 0.29) is 18.4 Å². The van der Waals surface area contributed by atoms with E-state index in [1.54, 1.807) is 19.1 Å². The maximum atomic E-state index is 11.9. The predicted octanol–water partition coefficient (Wildman–Crippen LogP) is 0.985. The second kappa shape index (κ2) is 7.68. The Labute approximate surface area is 130 Å². The van der Waals surface area contributed by atoms with E-state index in [0.29, 0.717) is 25.9 Å². The van der Waals surface area contributed by atoms with E-state index in [1.807, 2.05) is 18.2 Å². The van der Waals surface area contributed by atoms with Crippen LogP contribution in [0.5, 0.6) is 11.5 Å². The first-order chi connectivity index (χ1) is 10.6. The molecule has 1 fully saturated rings. The fraction of sp³-hybridized carbons (Fsp3) is 0.500. The third-order valence-corrected chi connectivity index (χ3v) is 3.71. The molecule has 1 saturated heterocycles. The molecule has 0 spiro atoms. The second-order valence-corrected chi connectivity index (χ2v) is 5.20. The van der Waals surface area contributed by atoms with Crippen LogP contribution in [0, 0.1) is 0 Å². The number of hydrogen-bond donors (Lipinski definition) is 1. The third-order valence-electron chi connectivity index (χ3n) is 3.71. The molecule has 2 rings (SSSR count). The number of methoxy groups -OCH3 is 2. The first-order valence-electron chi connectivity index (χ1n) is 7.39. The van der Waals surface area contributed by atoms with Crippen molar-refractivity contribution < 1.29 is 19.1 Å². The number of rotatable bonds is 7. The standard InChI is InChI=1S/C16H22N2O4/c1-21-13-5-6-14(22-2)12(10-13)7-8-17-15(19)11-18-9-3-4-16(18)20/h5-6,10H,3-4,7-9,11H2,1-2H3,(H,17,19). The Morgan fingerprint density at radius 3 is 2.77 bits per heavy atom. The summed E-state index contributed by atoms with van der Waals surface area (Å²) in [6.07, 6.45) is 2.03. The summed E-state index contributed by atoms with van der Waals surface area (Å²) in [4.78, 5) is 24.9. The Kier molecular flexibility index (Phi) is 5.63. The number of hydrogen-bond acceptors (Lipinski definition) is 4. The smallest absolute Gasteiger partial charge is 0.239 e. The molecular formula is C16H22N2O4. The van der Waals surface area contributed by atoms with Crippen molar-refractivity contribution in [1.82, 2.24) is 10.2 Å². The third kappa shape index (κ3) is 4.13. The first kappa shape index (κ1) is 16.1. The van der Waals surface area contributed by atoms with Crippen LogP contribution in [-0.2, 0) is 16.0 Å². The van der Waals surface area contributed by atoms with Gasteiger partial charge in [0, 0.05) is 19.5 Å². The van der Waals surface area contributed by atoms with E-state index in [9.17, 15) is 9.59 Å². The highest BCUT2D eigenvalue weighted by Gasteiger charge is 2.22. The summed E-state index contributed by atoms with van der Waals surface area (Å²) >= 11 is 0. The van der Waals surface area contributed by atoms with Crippen molar-refractivity contribution in [2.75, 3.05) is 33.9 Å². The lowest BCUT2D eigenvalue weighted by Crippen LogP contribution is -2.38. The monoisotopic (exact) mass is 306 g/mol. The van der Waals surface area contributed by atoms with Gasteiger partial charge < -0.3 is 19.7 Å². The zero-order chi connectivity index (χ0) is 15.9. The van der Waals surface area contributed by atoms with E-state index in [4.69, 9.17) is 9.47 Å². The van der Waals surface area contributed by atoms with Gasteiger partial charge in [0.15, 0.2) is 0 Å². The molecule has 0 aliphatic carbocycles. The number of carbonyl (C=O) groups excluding carboxylic acids is 2. The number of ether oxygens (including phenoxy) is 2. The van der Waals surface area contributed by atoms with Crippen molar-refractivity contribution in [3.8, 4) is 11.5 Å². The number of nitrogens with zero attached hydrogens (tertiary/aromatic N) is 1. The molecule has 0 saturated carbocycles. The molecule has 0 radical (unpaired) electrons. The Morgan fingerprint density at radius 1 is 1.32 bits per heavy atom. The van der Waals surface area contributed by atoms with Crippen molar-refractivity contribution in [3.63, 3.8) is 0 Å². The van der Waals surface area contributed by atoms with E-state index < -0.39 is 0 Å². The van der Waals surface area contributed by atoms with E-state index >= 15 is 0 Å².